The van der Waals surface area contributed by atoms with Gasteiger partial charge in [-0.05, 0) is 153 Å². The van der Waals surface area contributed by atoms with Crippen LogP contribution in [0.3, 0.4) is 0 Å². The largest absolute Gasteiger partial charge is 0.428 e. The standard InChI is InChI=1S/C44H.C14H9N3.C14H8N3.2Ir/c1-3-5-7-9-11-13-15-17-19-21-23-25-27-29-31-33-35-37-39-41-43-44-42-40-38-36-34-32-30-28-26-24-22-20-18-16-14-12-10-8-6-4-2;2*1-3-11-12-9-15-7-5-10(12)13-4-2-8-17(13)14(11)16-6-1;;/h1H;1-9H;1-7,9H;;/q-1;;-1;;. The smallest absolute Gasteiger partial charge is 0.145 e. The zero-order valence-corrected chi connectivity index (χ0v) is 45.5. The van der Waals surface area contributed by atoms with E-state index in [-0.39, 0.29) is 40.2 Å². The van der Waals surface area contributed by atoms with Gasteiger partial charge in [-0.3, -0.25) is 20.9 Å². The monoisotopic (exact) mass is 1350 g/mol. The number of aromatic nitrogens is 6. The van der Waals surface area contributed by atoms with Gasteiger partial charge in [0.2, 0.25) is 0 Å². The van der Waals surface area contributed by atoms with E-state index in [9.17, 15) is 0 Å². The van der Waals surface area contributed by atoms with Gasteiger partial charge in [0.1, 0.15) is 5.65 Å². The van der Waals surface area contributed by atoms with Crippen LogP contribution in [0.2, 0.25) is 0 Å². The average molecular weight is 1350 g/mol. The molecule has 8 aromatic heterocycles. The molecule has 356 valence electrons. The average Bonchev–Trinajstić information content (AvgIpc) is 4.37. The first-order valence-corrected chi connectivity index (χ1v) is 21.8. The Morgan fingerprint density at radius 1 is 0.350 bits per heavy atom. The summed E-state index contributed by atoms with van der Waals surface area (Å²) in [6.07, 6.45) is 27.8. The second-order valence-electron chi connectivity index (χ2n) is 13.3. The molecular weight excluding hydrogens is 1330 g/mol. The molecule has 2 radical (unpaired) electrons. The summed E-state index contributed by atoms with van der Waals surface area (Å²) in [5.41, 5.74) is 4.20. The maximum atomic E-state index is 6.56. The van der Waals surface area contributed by atoms with Crippen molar-refractivity contribution in [2.24, 2.45) is 0 Å². The fraction of sp³-hybridized carbons (Fsp3) is 0. The second kappa shape index (κ2) is 36.7. The van der Waals surface area contributed by atoms with Gasteiger partial charge in [-0.25, -0.2) is 10.9 Å². The molecule has 8 aromatic rings. The first-order chi connectivity index (χ1) is 38.8. The van der Waals surface area contributed by atoms with Crippen molar-refractivity contribution in [3.8, 4) is 255 Å². The number of nitrogens with zero attached hydrogens (tertiary/aromatic N) is 6. The Kier molecular flexibility index (Phi) is 27.2. The van der Waals surface area contributed by atoms with E-state index in [1.165, 1.54) is 16.3 Å². The van der Waals surface area contributed by atoms with Crippen LogP contribution in [0.15, 0.2) is 104 Å². The van der Waals surface area contributed by atoms with E-state index in [1.54, 1.807) is 6.20 Å². The summed E-state index contributed by atoms with van der Waals surface area (Å²) in [5, 5.41) is 6.93. The number of hydrogen-bond donors (Lipinski definition) is 0. The molecule has 0 spiro atoms. The molecule has 0 saturated heterocycles. The summed E-state index contributed by atoms with van der Waals surface area (Å²) >= 11 is 0. The fourth-order valence-electron chi connectivity index (χ4n) is 6.01. The molecule has 0 aliphatic rings. The zero-order chi connectivity index (χ0) is 54.2. The maximum absolute atomic E-state index is 6.56. The van der Waals surface area contributed by atoms with Crippen molar-refractivity contribution in [1.82, 2.24) is 28.7 Å². The Morgan fingerprint density at radius 3 is 1.09 bits per heavy atom. The quantitative estimate of drug-likeness (QED) is 0.104. The van der Waals surface area contributed by atoms with Crippen molar-refractivity contribution in [1.29, 1.82) is 0 Å². The Labute approximate surface area is 491 Å². The summed E-state index contributed by atoms with van der Waals surface area (Å²) in [4.78, 5) is 17.3. The first kappa shape index (κ1) is 59.3. The van der Waals surface area contributed by atoms with Crippen molar-refractivity contribution in [3.63, 3.8) is 0 Å². The van der Waals surface area contributed by atoms with E-state index in [0.29, 0.717) is 0 Å². The van der Waals surface area contributed by atoms with E-state index in [4.69, 9.17) is 12.8 Å². The molecule has 0 aromatic carbocycles. The van der Waals surface area contributed by atoms with Gasteiger partial charge in [0.15, 0.2) is 0 Å². The minimum atomic E-state index is 0. The van der Waals surface area contributed by atoms with Crippen molar-refractivity contribution in [2.75, 3.05) is 0 Å². The van der Waals surface area contributed by atoms with Crippen LogP contribution >= 0.6 is 0 Å². The summed E-state index contributed by atoms with van der Waals surface area (Å²) in [6.45, 7) is 0. The van der Waals surface area contributed by atoms with Crippen LogP contribution in [-0.2, 0) is 40.2 Å². The summed E-state index contributed by atoms with van der Waals surface area (Å²) in [5.74, 6) is 103. The maximum Gasteiger partial charge on any atom is 0.145 e. The van der Waals surface area contributed by atoms with Gasteiger partial charge in [0, 0.05) is 236 Å². The SMILES string of the molecule is [C-]#CC#CC#CC#CC#CC#CC#CC#CC#CC#CC#CC#CC#CC#CC#CC#CC#CC#CC#CC#CC#CC#C.[Ir].[Ir].[c-]1ccc2c3ccncc3c3cccnc3n12.c1cnc2c(c1)c1cnccc1c1cccn12. The molecule has 0 aliphatic carbocycles. The molecule has 8 rings (SSSR count). The predicted octanol–water partition coefficient (Wildman–Crippen LogP) is 6.14. The molecule has 8 heterocycles. The van der Waals surface area contributed by atoms with Gasteiger partial charge in [-0.1, -0.05) is 17.8 Å². The molecule has 0 bridgehead atoms. The van der Waals surface area contributed by atoms with Crippen LogP contribution in [0.1, 0.15) is 0 Å². The van der Waals surface area contributed by atoms with E-state index in [0.717, 1.165) is 38.4 Å². The summed E-state index contributed by atoms with van der Waals surface area (Å²) in [6, 6.07) is 20.3. The summed E-state index contributed by atoms with van der Waals surface area (Å²) in [7, 11) is 0. The van der Waals surface area contributed by atoms with Crippen molar-refractivity contribution in [3.05, 3.63) is 117 Å². The molecule has 0 amide bonds. The van der Waals surface area contributed by atoms with Crippen LogP contribution < -0.4 is 0 Å². The molecule has 0 atom stereocenters. The summed E-state index contributed by atoms with van der Waals surface area (Å²) < 4.78 is 4.12. The topological polar surface area (TPSA) is 60.4 Å². The second-order valence-corrected chi connectivity index (χ2v) is 13.3. The number of hydrogen-bond acceptors (Lipinski definition) is 4. The minimum absolute atomic E-state index is 0. The van der Waals surface area contributed by atoms with Crippen LogP contribution in [0.5, 0.6) is 0 Å². The van der Waals surface area contributed by atoms with Gasteiger partial charge in [0.05, 0.1) is 11.2 Å². The van der Waals surface area contributed by atoms with Gasteiger partial charge in [0.25, 0.3) is 0 Å². The third-order valence-electron chi connectivity index (χ3n) is 8.79. The number of pyridine rings is 6. The molecule has 0 aliphatic heterocycles. The van der Waals surface area contributed by atoms with Gasteiger partial charge in [-0.2, -0.15) is 6.07 Å². The molecule has 8 heteroatoms. The van der Waals surface area contributed by atoms with Gasteiger partial charge < -0.3 is 15.2 Å². The van der Waals surface area contributed by atoms with Crippen LogP contribution in [-0.4, -0.2) is 28.7 Å². The predicted molar refractivity (Wildman–Crippen MR) is 306 cm³/mol. The van der Waals surface area contributed by atoms with E-state index < -0.39 is 0 Å². The van der Waals surface area contributed by atoms with Crippen molar-refractivity contribution in [2.45, 2.75) is 0 Å². The normalized spacial score (nSPS) is 7.03. The third-order valence-corrected chi connectivity index (χ3v) is 8.79. The van der Waals surface area contributed by atoms with Crippen molar-refractivity contribution < 1.29 is 40.2 Å². The Balaban J connectivity index is 0.000000304. The fourth-order valence-corrected chi connectivity index (χ4v) is 6.01. The number of rotatable bonds is 0. The molecule has 6 nitrogen and oxygen atoms in total. The number of fused-ring (bicyclic) bond motifs is 12. The molecule has 0 fully saturated rings. The van der Waals surface area contributed by atoms with Gasteiger partial charge in [-0.15, -0.1) is 18.4 Å². The van der Waals surface area contributed by atoms with Crippen LogP contribution in [0.25, 0.3) is 54.6 Å². The Hall–Kier alpha value is -13.2. The molecule has 0 unspecified atom stereocenters. The van der Waals surface area contributed by atoms with Crippen LogP contribution in [0.4, 0.5) is 0 Å². The van der Waals surface area contributed by atoms with Crippen LogP contribution in [0, 0.1) is 268 Å². The third kappa shape index (κ3) is 19.7. The van der Waals surface area contributed by atoms with E-state index >= 15 is 0 Å². The Morgan fingerprint density at radius 2 is 0.700 bits per heavy atom. The Bertz CT molecular complexity index is 4800. The minimum Gasteiger partial charge on any atom is -0.428 e. The zero-order valence-electron chi connectivity index (χ0n) is 40.7. The van der Waals surface area contributed by atoms with E-state index in [1.807, 2.05) is 77.8 Å². The van der Waals surface area contributed by atoms with E-state index in [2.05, 4.69) is 304 Å². The van der Waals surface area contributed by atoms with Crippen molar-refractivity contribution >= 4 is 54.6 Å². The molecule has 0 N–H and O–H groups in total. The first-order valence-electron chi connectivity index (χ1n) is 21.8. The molecular formula is C72H18Ir2N6-2. The van der Waals surface area contributed by atoms with Gasteiger partial charge >= 0.3 is 0 Å². The number of terminal acetylenes is 1. The molecule has 80 heavy (non-hydrogen) atoms. The molecule has 0 saturated carbocycles.